The second-order valence-electron chi connectivity index (χ2n) is 5.79. The van der Waals surface area contributed by atoms with Crippen LogP contribution in [0.1, 0.15) is 44.2 Å². The van der Waals surface area contributed by atoms with E-state index >= 15 is 0 Å². The predicted octanol–water partition coefficient (Wildman–Crippen LogP) is 3.13. The first-order valence-electron chi connectivity index (χ1n) is 7.25. The number of hydrogen-bond acceptors (Lipinski definition) is 3. The average molecular weight is 245 g/mol. The maximum absolute atomic E-state index is 5.86. The second-order valence-corrected chi connectivity index (χ2v) is 5.79. The van der Waals surface area contributed by atoms with Crippen LogP contribution < -0.4 is 10.6 Å². The molecule has 0 spiro atoms. The van der Waals surface area contributed by atoms with Crippen molar-refractivity contribution >= 4 is 11.5 Å². The molecule has 3 nitrogen and oxygen atoms in total. The van der Waals surface area contributed by atoms with Crippen molar-refractivity contribution in [2.24, 2.45) is 5.92 Å². The first kappa shape index (κ1) is 11.8. The van der Waals surface area contributed by atoms with E-state index in [0.717, 1.165) is 35.7 Å². The average Bonchev–Trinajstić information content (AvgIpc) is 3.00. The summed E-state index contributed by atoms with van der Waals surface area (Å²) < 4.78 is 0. The Balaban J connectivity index is 1.82. The molecule has 2 heterocycles. The van der Waals surface area contributed by atoms with Crippen molar-refractivity contribution in [2.45, 2.75) is 51.5 Å². The van der Waals surface area contributed by atoms with Gasteiger partial charge in [-0.15, -0.1) is 0 Å². The van der Waals surface area contributed by atoms with E-state index in [-0.39, 0.29) is 0 Å². The number of aryl methyl sites for hydroxylation is 1. The quantitative estimate of drug-likeness (QED) is 0.870. The zero-order valence-electron chi connectivity index (χ0n) is 11.2. The largest absolute Gasteiger partial charge is 0.397 e. The van der Waals surface area contributed by atoms with Crippen molar-refractivity contribution in [3.8, 4) is 0 Å². The standard InChI is InChI=1S/C15H23N3/c1-11-13(16)8-9-15(17-11)18-10-4-7-14(18)12-5-2-3-6-12/h8-9,12,14H,2-7,10,16H2,1H3. The van der Waals surface area contributed by atoms with E-state index in [1.165, 1.54) is 38.5 Å². The number of pyridine rings is 1. The van der Waals surface area contributed by atoms with Gasteiger partial charge in [0.05, 0.1) is 11.4 Å². The fourth-order valence-electron chi connectivity index (χ4n) is 3.63. The second kappa shape index (κ2) is 4.79. The Kier molecular flexibility index (Phi) is 3.14. The summed E-state index contributed by atoms with van der Waals surface area (Å²) in [6.07, 6.45) is 8.32. The Bertz CT molecular complexity index is 424. The zero-order valence-corrected chi connectivity index (χ0v) is 11.2. The number of hydrogen-bond donors (Lipinski definition) is 1. The molecule has 2 aliphatic rings. The summed E-state index contributed by atoms with van der Waals surface area (Å²) in [5, 5.41) is 0. The Morgan fingerprint density at radius 1 is 1.17 bits per heavy atom. The van der Waals surface area contributed by atoms with Crippen LogP contribution in [0.25, 0.3) is 0 Å². The third-order valence-electron chi connectivity index (χ3n) is 4.65. The summed E-state index contributed by atoms with van der Waals surface area (Å²) in [6.45, 7) is 3.16. The molecule has 0 amide bonds. The van der Waals surface area contributed by atoms with E-state index in [9.17, 15) is 0 Å². The van der Waals surface area contributed by atoms with Gasteiger partial charge in [-0.25, -0.2) is 4.98 Å². The van der Waals surface area contributed by atoms with Gasteiger partial charge in [0.2, 0.25) is 0 Å². The summed E-state index contributed by atoms with van der Waals surface area (Å²) in [7, 11) is 0. The zero-order chi connectivity index (χ0) is 12.5. The van der Waals surface area contributed by atoms with Crippen LogP contribution in [0.4, 0.5) is 11.5 Å². The molecule has 2 N–H and O–H groups in total. The summed E-state index contributed by atoms with van der Waals surface area (Å²) in [6, 6.07) is 4.82. The number of nitrogens with zero attached hydrogens (tertiary/aromatic N) is 2. The molecule has 1 unspecified atom stereocenters. The van der Waals surface area contributed by atoms with Crippen molar-refractivity contribution in [3.63, 3.8) is 0 Å². The molecule has 1 atom stereocenters. The van der Waals surface area contributed by atoms with E-state index in [2.05, 4.69) is 16.0 Å². The Hall–Kier alpha value is -1.25. The van der Waals surface area contributed by atoms with Crippen LogP contribution in [0.3, 0.4) is 0 Å². The summed E-state index contributed by atoms with van der Waals surface area (Å²) in [4.78, 5) is 7.21. The highest BCUT2D eigenvalue weighted by atomic mass is 15.2. The Labute approximate surface area is 109 Å². The van der Waals surface area contributed by atoms with Gasteiger partial charge in [-0.3, -0.25) is 0 Å². The van der Waals surface area contributed by atoms with Gasteiger partial charge in [0.15, 0.2) is 0 Å². The molecule has 1 saturated heterocycles. The van der Waals surface area contributed by atoms with E-state index in [4.69, 9.17) is 5.73 Å². The lowest BCUT2D eigenvalue weighted by atomic mass is 9.96. The van der Waals surface area contributed by atoms with Gasteiger partial charge in [-0.2, -0.15) is 0 Å². The fraction of sp³-hybridized carbons (Fsp3) is 0.667. The molecular weight excluding hydrogens is 222 g/mol. The number of rotatable bonds is 2. The predicted molar refractivity (Wildman–Crippen MR) is 75.7 cm³/mol. The van der Waals surface area contributed by atoms with Crippen molar-refractivity contribution in [2.75, 3.05) is 17.2 Å². The number of aromatic nitrogens is 1. The third kappa shape index (κ3) is 2.06. The van der Waals surface area contributed by atoms with Gasteiger partial charge in [-0.1, -0.05) is 12.8 Å². The van der Waals surface area contributed by atoms with Gasteiger partial charge in [0, 0.05) is 12.6 Å². The molecule has 2 fully saturated rings. The van der Waals surface area contributed by atoms with E-state index in [1.54, 1.807) is 0 Å². The van der Waals surface area contributed by atoms with Gasteiger partial charge in [-0.05, 0) is 50.7 Å². The molecule has 1 saturated carbocycles. The Morgan fingerprint density at radius 3 is 2.67 bits per heavy atom. The van der Waals surface area contributed by atoms with Crippen LogP contribution >= 0.6 is 0 Å². The molecule has 0 aromatic carbocycles. The molecule has 3 heteroatoms. The van der Waals surface area contributed by atoms with Crippen LogP contribution in [-0.2, 0) is 0 Å². The highest BCUT2D eigenvalue weighted by Gasteiger charge is 2.33. The minimum atomic E-state index is 0.725. The lowest BCUT2D eigenvalue weighted by molar-refractivity contribution is 0.429. The molecular formula is C15H23N3. The van der Waals surface area contributed by atoms with Crippen LogP contribution in [-0.4, -0.2) is 17.6 Å². The molecule has 0 bridgehead atoms. The van der Waals surface area contributed by atoms with Gasteiger partial charge >= 0.3 is 0 Å². The first-order valence-corrected chi connectivity index (χ1v) is 7.25. The van der Waals surface area contributed by atoms with Crippen molar-refractivity contribution in [1.82, 2.24) is 4.98 Å². The number of nitrogens with two attached hydrogens (primary N) is 1. The third-order valence-corrected chi connectivity index (χ3v) is 4.65. The highest BCUT2D eigenvalue weighted by molar-refractivity contribution is 5.51. The minimum Gasteiger partial charge on any atom is -0.397 e. The van der Waals surface area contributed by atoms with Crippen molar-refractivity contribution in [1.29, 1.82) is 0 Å². The number of anilines is 2. The van der Waals surface area contributed by atoms with Gasteiger partial charge < -0.3 is 10.6 Å². The first-order chi connectivity index (χ1) is 8.75. The maximum Gasteiger partial charge on any atom is 0.129 e. The lowest BCUT2D eigenvalue weighted by Crippen LogP contribution is -2.35. The molecule has 0 radical (unpaired) electrons. The fourth-order valence-corrected chi connectivity index (χ4v) is 3.63. The Morgan fingerprint density at radius 2 is 1.94 bits per heavy atom. The van der Waals surface area contributed by atoms with E-state index in [0.29, 0.717) is 0 Å². The minimum absolute atomic E-state index is 0.725. The van der Waals surface area contributed by atoms with Crippen LogP contribution in [0, 0.1) is 12.8 Å². The lowest BCUT2D eigenvalue weighted by Gasteiger charge is -2.30. The van der Waals surface area contributed by atoms with Crippen molar-refractivity contribution < 1.29 is 0 Å². The van der Waals surface area contributed by atoms with Crippen LogP contribution in [0.15, 0.2) is 12.1 Å². The molecule has 98 valence electrons. The van der Waals surface area contributed by atoms with E-state index < -0.39 is 0 Å². The van der Waals surface area contributed by atoms with Crippen LogP contribution in [0.2, 0.25) is 0 Å². The van der Waals surface area contributed by atoms with Gasteiger partial charge in [0.1, 0.15) is 5.82 Å². The summed E-state index contributed by atoms with van der Waals surface area (Å²) >= 11 is 0. The van der Waals surface area contributed by atoms with E-state index in [1.807, 2.05) is 13.0 Å². The van der Waals surface area contributed by atoms with Crippen LogP contribution in [0.5, 0.6) is 0 Å². The molecule has 1 aliphatic heterocycles. The maximum atomic E-state index is 5.86. The molecule has 1 aliphatic carbocycles. The highest BCUT2D eigenvalue weighted by Crippen LogP contribution is 2.37. The summed E-state index contributed by atoms with van der Waals surface area (Å²) in [5.74, 6) is 2.03. The van der Waals surface area contributed by atoms with Crippen molar-refractivity contribution in [3.05, 3.63) is 17.8 Å². The SMILES string of the molecule is Cc1nc(N2CCCC2C2CCCC2)ccc1N. The monoisotopic (exact) mass is 245 g/mol. The topological polar surface area (TPSA) is 42.2 Å². The normalized spacial score (nSPS) is 24.9. The summed E-state index contributed by atoms with van der Waals surface area (Å²) in [5.41, 5.74) is 7.63. The molecule has 1 aromatic heterocycles. The smallest absolute Gasteiger partial charge is 0.129 e. The van der Waals surface area contributed by atoms with Gasteiger partial charge in [0.25, 0.3) is 0 Å². The number of nitrogen functional groups attached to an aromatic ring is 1. The molecule has 1 aromatic rings. The molecule has 3 rings (SSSR count). The molecule has 18 heavy (non-hydrogen) atoms.